The Hall–Kier alpha value is -8.49. The molecule has 8 nitrogen and oxygen atoms in total. The molecule has 0 aliphatic heterocycles. The van der Waals surface area contributed by atoms with Gasteiger partial charge in [-0.05, 0) is 60.7 Å². The second-order valence-corrected chi connectivity index (χ2v) is 14.7. The van der Waals surface area contributed by atoms with Crippen molar-refractivity contribution in [1.29, 1.82) is 0 Å². The third kappa shape index (κ3) is 6.13. The van der Waals surface area contributed by atoms with Gasteiger partial charge in [-0.3, -0.25) is 0 Å². The van der Waals surface area contributed by atoms with Crippen LogP contribution >= 0.6 is 0 Å². The minimum Gasteiger partial charge on any atom is -0.416 e. The highest BCUT2D eigenvalue weighted by Gasteiger charge is 2.24. The van der Waals surface area contributed by atoms with Crippen molar-refractivity contribution in [3.05, 3.63) is 212 Å². The highest BCUT2D eigenvalue weighted by atomic mass is 16.4. The molecule has 0 amide bonds. The largest absolute Gasteiger partial charge is 0.416 e. The minimum atomic E-state index is 0.327. The number of hydrogen-bond donors (Lipinski definition) is 0. The second-order valence-electron chi connectivity index (χ2n) is 14.7. The van der Waals surface area contributed by atoms with Gasteiger partial charge in [0.15, 0.2) is 17.5 Å². The van der Waals surface area contributed by atoms with E-state index < -0.39 is 0 Å². The quantitative estimate of drug-likeness (QED) is 0.145. The van der Waals surface area contributed by atoms with Crippen LogP contribution < -0.4 is 0 Å². The maximum Gasteiger partial charge on any atom is 0.248 e. The van der Waals surface area contributed by atoms with Gasteiger partial charge in [-0.1, -0.05) is 141 Å². The van der Waals surface area contributed by atoms with Crippen LogP contribution in [0.4, 0.5) is 0 Å². The summed E-state index contributed by atoms with van der Waals surface area (Å²) in [4.78, 5) is 14.9. The van der Waals surface area contributed by atoms with E-state index in [9.17, 15) is 0 Å². The molecule has 0 fully saturated rings. The lowest BCUT2D eigenvalue weighted by atomic mass is 10.0. The average Bonchev–Trinajstić information content (AvgIpc) is 4.05. The van der Waals surface area contributed by atoms with Gasteiger partial charge >= 0.3 is 0 Å². The molecule has 8 heteroatoms. The van der Waals surface area contributed by atoms with Crippen LogP contribution in [-0.4, -0.2) is 34.3 Å². The highest BCUT2D eigenvalue weighted by molar-refractivity contribution is 6.10. The molecule has 61 heavy (non-hydrogen) atoms. The molecule has 0 aliphatic carbocycles. The predicted molar refractivity (Wildman–Crippen MR) is 245 cm³/mol. The number of hydrogen-bond acceptors (Lipinski definition) is 6. The van der Waals surface area contributed by atoms with Crippen molar-refractivity contribution in [3.63, 3.8) is 0 Å². The van der Waals surface area contributed by atoms with Gasteiger partial charge in [0.2, 0.25) is 11.8 Å². The molecule has 0 aliphatic rings. The predicted octanol–water partition coefficient (Wildman–Crippen LogP) is 12.7. The Labute approximate surface area is 351 Å². The van der Waals surface area contributed by atoms with E-state index in [1.54, 1.807) is 0 Å². The van der Waals surface area contributed by atoms with Crippen molar-refractivity contribution in [2.45, 2.75) is 0 Å². The topological polar surface area (TPSA) is 87.5 Å². The van der Waals surface area contributed by atoms with E-state index in [4.69, 9.17) is 19.4 Å². The molecule has 0 N–H and O–H groups in total. The Bertz CT molecular complexity index is 3400. The number of rotatable bonds is 9. The van der Waals surface area contributed by atoms with Crippen LogP contribution in [0.5, 0.6) is 0 Å². The Balaban J connectivity index is 0.992. The van der Waals surface area contributed by atoms with Crippen LogP contribution in [0.2, 0.25) is 0 Å². The Morgan fingerprint density at radius 2 is 1.00 bits per heavy atom. The maximum absolute atomic E-state index is 6.48. The molecule has 0 saturated carbocycles. The van der Waals surface area contributed by atoms with Crippen molar-refractivity contribution in [2.75, 3.05) is 0 Å². The molecule has 0 saturated heterocycles. The van der Waals surface area contributed by atoms with Crippen LogP contribution in [0.15, 0.2) is 200 Å². The summed E-state index contributed by atoms with van der Waals surface area (Å²) in [5.74, 6) is 2.51. The third-order valence-electron chi connectivity index (χ3n) is 11.1. The van der Waals surface area contributed by atoms with Crippen LogP contribution in [0.1, 0.15) is 17.1 Å². The van der Waals surface area contributed by atoms with Crippen LogP contribution in [0.25, 0.3) is 101 Å². The van der Waals surface area contributed by atoms with Crippen molar-refractivity contribution in [3.8, 4) is 57.0 Å². The van der Waals surface area contributed by atoms with Crippen molar-refractivity contribution >= 4 is 44.4 Å². The monoisotopic (exact) mass is 785 g/mol. The maximum atomic E-state index is 6.48. The van der Waals surface area contributed by atoms with E-state index in [-0.39, 0.29) is 0 Å². The first-order chi connectivity index (χ1) is 30.1. The van der Waals surface area contributed by atoms with E-state index in [1.165, 1.54) is 0 Å². The molecule has 0 atom stereocenters. The molecule has 0 unspecified atom stereocenters. The van der Waals surface area contributed by atoms with Crippen LogP contribution in [0, 0.1) is 0 Å². The summed E-state index contributed by atoms with van der Waals surface area (Å²) in [6, 6.07) is 61.5. The fourth-order valence-electron chi connectivity index (χ4n) is 8.30. The van der Waals surface area contributed by atoms with Crippen molar-refractivity contribution < 1.29 is 4.42 Å². The second kappa shape index (κ2) is 14.7. The first-order valence-corrected chi connectivity index (χ1v) is 20.0. The molecule has 7 aromatic carbocycles. The number of nitrogens with zero attached hydrogens (tertiary/aromatic N) is 7. The number of para-hydroxylation sites is 3. The molecular formula is C53H35N7O. The summed E-state index contributed by atoms with van der Waals surface area (Å²) >= 11 is 0. The third-order valence-corrected chi connectivity index (χ3v) is 11.1. The lowest BCUT2D eigenvalue weighted by Gasteiger charge is -2.12. The van der Waals surface area contributed by atoms with E-state index >= 15 is 0 Å². The zero-order valence-electron chi connectivity index (χ0n) is 32.9. The molecule has 288 valence electrons. The SMILES string of the molecule is C=Cc1c(C(=C)c2nnc(-c3ccc4c(c3)c3ccccc3n4-c3ccccc3)o2)c2ccccc2n1-c1cccc(-c2nc(-c3ccccc3)nc(-c3ccccc3)n2)c1. The zero-order chi connectivity index (χ0) is 40.9. The van der Waals surface area contributed by atoms with Crippen molar-refractivity contribution in [1.82, 2.24) is 34.3 Å². The average molecular weight is 786 g/mol. The first-order valence-electron chi connectivity index (χ1n) is 20.0. The minimum absolute atomic E-state index is 0.327. The molecule has 11 rings (SSSR count). The molecule has 4 aromatic heterocycles. The molecule has 11 aromatic rings. The molecular weight excluding hydrogens is 751 g/mol. The van der Waals surface area contributed by atoms with Gasteiger partial charge in [0.1, 0.15) is 0 Å². The van der Waals surface area contributed by atoms with E-state index in [0.29, 0.717) is 34.8 Å². The van der Waals surface area contributed by atoms with E-state index in [2.05, 4.69) is 117 Å². The van der Waals surface area contributed by atoms with Gasteiger partial charge in [0, 0.05) is 60.9 Å². The van der Waals surface area contributed by atoms with E-state index in [1.807, 2.05) is 103 Å². The summed E-state index contributed by atoms with van der Waals surface area (Å²) in [5.41, 5.74) is 11.0. The Morgan fingerprint density at radius 3 is 1.67 bits per heavy atom. The van der Waals surface area contributed by atoms with Gasteiger partial charge in [0.25, 0.3) is 0 Å². The van der Waals surface area contributed by atoms with Crippen LogP contribution in [0.3, 0.4) is 0 Å². The number of aromatic nitrogens is 7. The summed E-state index contributed by atoms with van der Waals surface area (Å²) in [5, 5.41) is 12.3. The molecule has 0 bridgehead atoms. The van der Waals surface area contributed by atoms with Crippen molar-refractivity contribution in [2.24, 2.45) is 0 Å². The molecule has 0 spiro atoms. The lowest BCUT2D eigenvalue weighted by molar-refractivity contribution is 0.554. The first kappa shape index (κ1) is 35.7. The van der Waals surface area contributed by atoms with Gasteiger partial charge in [0.05, 0.1) is 22.2 Å². The summed E-state index contributed by atoms with van der Waals surface area (Å²) in [6.45, 7) is 8.84. The van der Waals surface area contributed by atoms with Crippen LogP contribution in [-0.2, 0) is 0 Å². The highest BCUT2D eigenvalue weighted by Crippen LogP contribution is 2.39. The standard InChI is InChI=1S/C53H35N7O/c1-3-44-48(34(2)52-57-58-53(61-52)38-30-31-47-43(33-38)41-26-13-15-28-45(41)59(47)39-23-11-6-12-24-39)42-27-14-16-29-46(42)60(44)40-25-17-22-37(32-40)51-55-49(35-18-7-4-8-19-35)54-50(56-51)36-20-9-5-10-21-36/h3-33H,1-2H2. The molecule has 0 radical (unpaired) electrons. The summed E-state index contributed by atoms with van der Waals surface area (Å²) in [7, 11) is 0. The lowest BCUT2D eigenvalue weighted by Crippen LogP contribution is -2.02. The number of fused-ring (bicyclic) bond motifs is 4. The normalized spacial score (nSPS) is 11.4. The van der Waals surface area contributed by atoms with E-state index in [0.717, 1.165) is 77.6 Å². The van der Waals surface area contributed by atoms with Gasteiger partial charge in [-0.2, -0.15) is 0 Å². The molecule has 4 heterocycles. The fourth-order valence-corrected chi connectivity index (χ4v) is 8.30. The number of benzene rings is 7. The van der Waals surface area contributed by atoms with Gasteiger partial charge in [-0.15, -0.1) is 10.2 Å². The zero-order valence-corrected chi connectivity index (χ0v) is 32.9. The Morgan fingerprint density at radius 1 is 0.459 bits per heavy atom. The van der Waals surface area contributed by atoms with Gasteiger partial charge in [-0.25, -0.2) is 15.0 Å². The Kier molecular flexibility index (Phi) is 8.60. The smallest absolute Gasteiger partial charge is 0.248 e. The fraction of sp³-hybridized carbons (Fsp3) is 0. The summed E-state index contributed by atoms with van der Waals surface area (Å²) < 4.78 is 10.9. The summed E-state index contributed by atoms with van der Waals surface area (Å²) in [6.07, 6.45) is 1.85. The van der Waals surface area contributed by atoms with Gasteiger partial charge < -0.3 is 13.6 Å².